The molecule has 39 heavy (non-hydrogen) atoms. The van der Waals surface area contributed by atoms with Gasteiger partial charge in [0.15, 0.2) is 0 Å². The van der Waals surface area contributed by atoms with E-state index >= 15 is 0 Å². The Morgan fingerprint density at radius 1 is 0.923 bits per heavy atom. The minimum atomic E-state index is -0.349. The molecule has 2 amide bonds. The zero-order valence-electron chi connectivity index (χ0n) is 21.6. The van der Waals surface area contributed by atoms with Gasteiger partial charge in [0, 0.05) is 34.9 Å². The zero-order chi connectivity index (χ0) is 26.8. The fourth-order valence-electron chi connectivity index (χ4n) is 5.21. The van der Waals surface area contributed by atoms with E-state index in [1.165, 1.54) is 5.56 Å². The molecule has 1 N–H and O–H groups in total. The number of ether oxygens (including phenoxy) is 1. The Labute approximate surface area is 226 Å². The van der Waals surface area contributed by atoms with Gasteiger partial charge in [-0.15, -0.1) is 0 Å². The van der Waals surface area contributed by atoms with Crippen molar-refractivity contribution in [1.29, 1.82) is 0 Å². The Hall–Kier alpha value is -4.84. The van der Waals surface area contributed by atoms with Gasteiger partial charge in [-0.2, -0.15) is 0 Å². The van der Waals surface area contributed by atoms with Gasteiger partial charge < -0.3 is 19.4 Å². The van der Waals surface area contributed by atoms with Crippen LogP contribution in [0.25, 0.3) is 22.1 Å². The van der Waals surface area contributed by atoms with Crippen LogP contribution in [0.4, 0.5) is 11.4 Å². The van der Waals surface area contributed by atoms with E-state index in [9.17, 15) is 9.59 Å². The van der Waals surface area contributed by atoms with Crippen LogP contribution in [-0.4, -0.2) is 25.5 Å². The van der Waals surface area contributed by atoms with Crippen molar-refractivity contribution >= 4 is 34.2 Å². The number of carbonyl (C=O) groups excluding carboxylic acids is 2. The Kier molecular flexibility index (Phi) is 6.59. The number of nitrogens with zero attached hydrogens (tertiary/aromatic N) is 1. The van der Waals surface area contributed by atoms with E-state index in [0.717, 1.165) is 47.2 Å². The van der Waals surface area contributed by atoms with Crippen LogP contribution in [0.2, 0.25) is 0 Å². The summed E-state index contributed by atoms with van der Waals surface area (Å²) in [6, 6.07) is 30.8. The van der Waals surface area contributed by atoms with Gasteiger partial charge in [-0.25, -0.2) is 0 Å². The number of hydrogen-bond acceptors (Lipinski definition) is 4. The average Bonchev–Trinajstić information content (AvgIpc) is 3.37. The Morgan fingerprint density at radius 2 is 1.69 bits per heavy atom. The van der Waals surface area contributed by atoms with Crippen molar-refractivity contribution in [2.45, 2.75) is 19.3 Å². The molecular weight excluding hydrogens is 488 g/mol. The molecule has 1 aliphatic rings. The van der Waals surface area contributed by atoms with Crippen LogP contribution in [0.5, 0.6) is 5.75 Å². The smallest absolute Gasteiger partial charge is 0.292 e. The molecule has 1 aliphatic heterocycles. The van der Waals surface area contributed by atoms with Crippen LogP contribution >= 0.6 is 0 Å². The van der Waals surface area contributed by atoms with Crippen LogP contribution in [0.3, 0.4) is 0 Å². The fourth-order valence-corrected chi connectivity index (χ4v) is 5.21. The number of hydrogen-bond donors (Lipinski definition) is 1. The molecule has 0 atom stereocenters. The zero-order valence-corrected chi connectivity index (χ0v) is 21.6. The number of anilines is 2. The SMILES string of the molecule is COc1ccc2c(-c3ccccc3)c(C(=O)Nc3ccc(CC(=O)N4CCCc5ccccc54)cc3)oc2c1. The number of para-hydroxylation sites is 1. The van der Waals surface area contributed by atoms with Crippen LogP contribution in [0.1, 0.15) is 28.1 Å². The van der Waals surface area contributed by atoms with Crippen LogP contribution in [0.15, 0.2) is 101 Å². The fraction of sp³-hybridized carbons (Fsp3) is 0.152. The van der Waals surface area contributed by atoms with E-state index < -0.39 is 0 Å². The number of methoxy groups -OCH3 is 1. The van der Waals surface area contributed by atoms with Gasteiger partial charge in [0.25, 0.3) is 5.91 Å². The molecule has 0 spiro atoms. The van der Waals surface area contributed by atoms with E-state index in [0.29, 0.717) is 23.4 Å². The van der Waals surface area contributed by atoms with E-state index in [1.807, 2.05) is 89.8 Å². The number of carbonyl (C=O) groups is 2. The lowest BCUT2D eigenvalue weighted by atomic mass is 10.0. The van der Waals surface area contributed by atoms with Crippen LogP contribution in [-0.2, 0) is 17.6 Å². The molecule has 0 aliphatic carbocycles. The second kappa shape index (κ2) is 10.5. The number of fused-ring (bicyclic) bond motifs is 2. The second-order valence-electron chi connectivity index (χ2n) is 9.64. The van der Waals surface area contributed by atoms with Crippen LogP contribution in [0, 0.1) is 0 Å². The Bertz CT molecular complexity index is 1660. The highest BCUT2D eigenvalue weighted by Crippen LogP contribution is 2.37. The molecule has 5 aromatic rings. The minimum absolute atomic E-state index is 0.0733. The van der Waals surface area contributed by atoms with E-state index in [-0.39, 0.29) is 17.6 Å². The maximum atomic E-state index is 13.4. The van der Waals surface area contributed by atoms with Crippen molar-refractivity contribution < 1.29 is 18.7 Å². The lowest BCUT2D eigenvalue weighted by Crippen LogP contribution is -2.36. The summed E-state index contributed by atoms with van der Waals surface area (Å²) in [7, 11) is 1.60. The van der Waals surface area contributed by atoms with Crippen molar-refractivity contribution in [3.05, 3.63) is 114 Å². The molecule has 2 heterocycles. The topological polar surface area (TPSA) is 71.8 Å². The van der Waals surface area contributed by atoms with Crippen molar-refractivity contribution in [1.82, 2.24) is 0 Å². The van der Waals surface area contributed by atoms with Gasteiger partial charge in [-0.3, -0.25) is 9.59 Å². The molecule has 0 radical (unpaired) electrons. The third-order valence-electron chi connectivity index (χ3n) is 7.14. The molecule has 6 heteroatoms. The normalized spacial score (nSPS) is 12.7. The van der Waals surface area contributed by atoms with Gasteiger partial charge in [0.1, 0.15) is 11.3 Å². The lowest BCUT2D eigenvalue weighted by molar-refractivity contribution is -0.118. The van der Waals surface area contributed by atoms with Gasteiger partial charge in [-0.05, 0) is 59.9 Å². The van der Waals surface area contributed by atoms with Gasteiger partial charge in [-0.1, -0.05) is 60.7 Å². The van der Waals surface area contributed by atoms with E-state index in [2.05, 4.69) is 11.4 Å². The highest BCUT2D eigenvalue weighted by atomic mass is 16.5. The molecule has 4 aromatic carbocycles. The molecule has 0 unspecified atom stereocenters. The standard InChI is InChI=1S/C33H28N2O4/c1-38-26-17-18-27-29(21-26)39-32(31(27)24-9-3-2-4-10-24)33(37)34-25-15-13-22(14-16-25)20-30(36)35-19-7-11-23-8-5-6-12-28(23)35/h2-6,8-10,12-18,21H,7,11,19-20H2,1H3,(H,34,37). The molecular formula is C33H28N2O4. The third kappa shape index (κ3) is 4.89. The molecule has 6 nitrogen and oxygen atoms in total. The molecule has 0 saturated heterocycles. The van der Waals surface area contributed by atoms with Crippen molar-refractivity contribution in [3.63, 3.8) is 0 Å². The highest BCUT2D eigenvalue weighted by Gasteiger charge is 2.24. The first kappa shape index (κ1) is 24.5. The maximum absolute atomic E-state index is 13.4. The van der Waals surface area contributed by atoms with Crippen molar-refractivity contribution in [3.8, 4) is 16.9 Å². The molecule has 194 valence electrons. The quantitative estimate of drug-likeness (QED) is 0.267. The number of aryl methyl sites for hydroxylation is 1. The summed E-state index contributed by atoms with van der Waals surface area (Å²) < 4.78 is 11.4. The number of nitrogens with one attached hydrogen (secondary N) is 1. The lowest BCUT2D eigenvalue weighted by Gasteiger charge is -2.29. The highest BCUT2D eigenvalue weighted by molar-refractivity contribution is 6.12. The summed E-state index contributed by atoms with van der Waals surface area (Å²) >= 11 is 0. The Balaban J connectivity index is 1.21. The van der Waals surface area contributed by atoms with E-state index in [4.69, 9.17) is 9.15 Å². The molecule has 0 bridgehead atoms. The predicted octanol–water partition coefficient (Wildman–Crippen LogP) is 6.88. The third-order valence-corrected chi connectivity index (χ3v) is 7.14. The molecule has 0 fully saturated rings. The van der Waals surface area contributed by atoms with Crippen molar-refractivity contribution in [2.24, 2.45) is 0 Å². The first-order chi connectivity index (χ1) is 19.1. The monoisotopic (exact) mass is 516 g/mol. The van der Waals surface area contributed by atoms with Gasteiger partial charge in [0.2, 0.25) is 11.7 Å². The summed E-state index contributed by atoms with van der Waals surface area (Å²) in [5.41, 5.74) is 5.93. The van der Waals surface area contributed by atoms with Gasteiger partial charge in [0.05, 0.1) is 13.5 Å². The van der Waals surface area contributed by atoms with Crippen LogP contribution < -0.4 is 15.0 Å². The predicted molar refractivity (Wildman–Crippen MR) is 153 cm³/mol. The molecule has 0 saturated carbocycles. The number of furan rings is 1. The minimum Gasteiger partial charge on any atom is -0.497 e. The summed E-state index contributed by atoms with van der Waals surface area (Å²) in [6.45, 7) is 0.733. The average molecular weight is 517 g/mol. The number of benzene rings is 4. The largest absolute Gasteiger partial charge is 0.497 e. The first-order valence-corrected chi connectivity index (χ1v) is 13.1. The van der Waals surface area contributed by atoms with E-state index in [1.54, 1.807) is 13.2 Å². The molecule has 1 aromatic heterocycles. The summed E-state index contributed by atoms with van der Waals surface area (Å²) in [5.74, 6) is 0.607. The molecule has 6 rings (SSSR count). The van der Waals surface area contributed by atoms with Crippen molar-refractivity contribution in [2.75, 3.05) is 23.9 Å². The maximum Gasteiger partial charge on any atom is 0.292 e. The first-order valence-electron chi connectivity index (χ1n) is 13.1. The number of rotatable bonds is 6. The Morgan fingerprint density at radius 3 is 2.49 bits per heavy atom. The summed E-state index contributed by atoms with van der Waals surface area (Å²) in [5, 5.41) is 3.79. The second-order valence-corrected chi connectivity index (χ2v) is 9.64. The van der Waals surface area contributed by atoms with Gasteiger partial charge >= 0.3 is 0 Å². The summed E-state index contributed by atoms with van der Waals surface area (Å²) in [6.07, 6.45) is 2.26. The summed E-state index contributed by atoms with van der Waals surface area (Å²) in [4.78, 5) is 28.4. The number of amides is 2.